The van der Waals surface area contributed by atoms with E-state index in [1.54, 1.807) is 6.08 Å². The van der Waals surface area contributed by atoms with Crippen molar-refractivity contribution in [2.45, 2.75) is 11.3 Å². The smallest absolute Gasteiger partial charge is 0.293 e. The van der Waals surface area contributed by atoms with Crippen LogP contribution in [0.4, 0.5) is 11.4 Å². The Hall–Kier alpha value is -1.93. The molecular weight excluding hydrogens is 270 g/mol. The lowest BCUT2D eigenvalue weighted by atomic mass is 10.3. The highest BCUT2D eigenvalue weighted by Gasteiger charge is 2.26. The van der Waals surface area contributed by atoms with Crippen molar-refractivity contribution >= 4 is 21.4 Å². The molecule has 19 heavy (non-hydrogen) atoms. The predicted molar refractivity (Wildman–Crippen MR) is 70.0 cm³/mol. The number of sulfonamides is 1. The molecule has 0 saturated heterocycles. The van der Waals surface area contributed by atoms with E-state index >= 15 is 0 Å². The van der Waals surface area contributed by atoms with E-state index in [1.807, 2.05) is 6.08 Å². The number of hydrogen-bond donors (Lipinski definition) is 1. The number of benzene rings is 1. The second-order valence-corrected chi connectivity index (χ2v) is 6.04. The van der Waals surface area contributed by atoms with Gasteiger partial charge in [-0.2, -0.15) is 4.31 Å². The molecule has 8 heteroatoms. The van der Waals surface area contributed by atoms with Crippen LogP contribution in [0.25, 0.3) is 0 Å². The lowest BCUT2D eigenvalue weighted by molar-refractivity contribution is -0.384. The van der Waals surface area contributed by atoms with Gasteiger partial charge in [0, 0.05) is 19.2 Å². The molecule has 2 N–H and O–H groups in total. The van der Waals surface area contributed by atoms with Crippen LogP contribution < -0.4 is 5.73 Å². The molecule has 0 radical (unpaired) electrons. The number of hydrogen-bond acceptors (Lipinski definition) is 5. The van der Waals surface area contributed by atoms with E-state index in [1.165, 1.54) is 16.4 Å². The average molecular weight is 283 g/mol. The SMILES string of the molecule is Nc1ccc(S(=O)(=O)N2CC=CCC2)cc1[N+](=O)[O-]. The summed E-state index contributed by atoms with van der Waals surface area (Å²) in [4.78, 5) is 9.99. The first kappa shape index (κ1) is 13.5. The monoisotopic (exact) mass is 283 g/mol. The van der Waals surface area contributed by atoms with E-state index in [-0.39, 0.29) is 17.1 Å². The summed E-state index contributed by atoms with van der Waals surface area (Å²) in [5, 5.41) is 10.8. The maximum Gasteiger partial charge on any atom is 0.293 e. The maximum absolute atomic E-state index is 12.3. The number of nitrogens with two attached hydrogens (primary N) is 1. The van der Waals surface area contributed by atoms with Crippen molar-refractivity contribution in [1.82, 2.24) is 4.31 Å². The molecule has 0 aliphatic carbocycles. The summed E-state index contributed by atoms with van der Waals surface area (Å²) in [5.41, 5.74) is 5.00. The van der Waals surface area contributed by atoms with Gasteiger partial charge in [0.25, 0.3) is 5.69 Å². The molecule has 0 aromatic heterocycles. The van der Waals surface area contributed by atoms with Gasteiger partial charge in [0.2, 0.25) is 10.0 Å². The molecule has 1 aromatic rings. The van der Waals surface area contributed by atoms with Crippen LogP contribution in [-0.4, -0.2) is 30.7 Å². The first-order valence-corrected chi connectivity index (χ1v) is 7.06. The van der Waals surface area contributed by atoms with Crippen molar-refractivity contribution < 1.29 is 13.3 Å². The average Bonchev–Trinajstić information content (AvgIpc) is 2.39. The fraction of sp³-hybridized carbons (Fsp3) is 0.273. The Kier molecular flexibility index (Phi) is 3.54. The largest absolute Gasteiger partial charge is 0.393 e. The summed E-state index contributed by atoms with van der Waals surface area (Å²) in [7, 11) is -3.71. The second kappa shape index (κ2) is 4.98. The van der Waals surface area contributed by atoms with Crippen LogP contribution in [0.3, 0.4) is 0 Å². The van der Waals surface area contributed by atoms with Gasteiger partial charge in [0.15, 0.2) is 0 Å². The molecule has 7 nitrogen and oxygen atoms in total. The number of anilines is 1. The Morgan fingerprint density at radius 1 is 1.32 bits per heavy atom. The molecule has 0 fully saturated rings. The van der Waals surface area contributed by atoms with Crippen LogP contribution in [0, 0.1) is 10.1 Å². The van der Waals surface area contributed by atoms with Crippen LogP contribution >= 0.6 is 0 Å². The van der Waals surface area contributed by atoms with Crippen LogP contribution in [0.1, 0.15) is 6.42 Å². The van der Waals surface area contributed by atoms with Crippen molar-refractivity contribution in [1.29, 1.82) is 0 Å². The highest BCUT2D eigenvalue weighted by Crippen LogP contribution is 2.27. The summed E-state index contributed by atoms with van der Waals surface area (Å²) < 4.78 is 25.9. The normalized spacial score (nSPS) is 16.4. The fourth-order valence-corrected chi connectivity index (χ4v) is 3.26. The zero-order valence-corrected chi connectivity index (χ0v) is 10.8. The lowest BCUT2D eigenvalue weighted by Crippen LogP contribution is -2.33. The Morgan fingerprint density at radius 3 is 2.63 bits per heavy atom. The Balaban J connectivity index is 2.43. The number of nitro groups is 1. The molecule has 0 unspecified atom stereocenters. The first-order valence-electron chi connectivity index (χ1n) is 5.62. The predicted octanol–water partition coefficient (Wildman–Crippen LogP) is 1.13. The standard InChI is InChI=1S/C11H13N3O4S/c12-10-5-4-9(8-11(10)14(15)16)19(17,18)13-6-2-1-3-7-13/h1-2,4-5,8H,3,6-7,12H2. The highest BCUT2D eigenvalue weighted by molar-refractivity contribution is 7.89. The summed E-state index contributed by atoms with van der Waals surface area (Å²) in [6, 6.07) is 3.53. The molecule has 2 rings (SSSR count). The van der Waals surface area contributed by atoms with Gasteiger partial charge < -0.3 is 5.73 Å². The molecule has 0 bridgehead atoms. The Bertz CT molecular complexity index is 639. The van der Waals surface area contributed by atoms with Gasteiger partial charge in [0.05, 0.1) is 9.82 Å². The molecule has 1 aromatic carbocycles. The molecule has 0 atom stereocenters. The Labute approximate surface area is 110 Å². The maximum atomic E-state index is 12.3. The zero-order valence-electron chi connectivity index (χ0n) is 10.0. The molecule has 102 valence electrons. The van der Waals surface area contributed by atoms with Gasteiger partial charge in [0.1, 0.15) is 5.69 Å². The molecule has 1 heterocycles. The molecule has 0 spiro atoms. The van der Waals surface area contributed by atoms with Crippen LogP contribution in [-0.2, 0) is 10.0 Å². The van der Waals surface area contributed by atoms with Gasteiger partial charge in [-0.05, 0) is 18.6 Å². The summed E-state index contributed by atoms with van der Waals surface area (Å²) in [6.07, 6.45) is 4.29. The minimum Gasteiger partial charge on any atom is -0.393 e. The van der Waals surface area contributed by atoms with Gasteiger partial charge in [-0.3, -0.25) is 10.1 Å². The molecule has 1 aliphatic heterocycles. The Morgan fingerprint density at radius 2 is 2.05 bits per heavy atom. The summed E-state index contributed by atoms with van der Waals surface area (Å²) in [5.74, 6) is 0. The van der Waals surface area contributed by atoms with Gasteiger partial charge >= 0.3 is 0 Å². The van der Waals surface area contributed by atoms with Crippen molar-refractivity contribution in [2.75, 3.05) is 18.8 Å². The van der Waals surface area contributed by atoms with Crippen molar-refractivity contribution in [2.24, 2.45) is 0 Å². The van der Waals surface area contributed by atoms with E-state index < -0.39 is 20.6 Å². The highest BCUT2D eigenvalue weighted by atomic mass is 32.2. The van der Waals surface area contributed by atoms with E-state index in [2.05, 4.69) is 0 Å². The molecule has 0 saturated carbocycles. The topological polar surface area (TPSA) is 107 Å². The number of rotatable bonds is 3. The number of nitrogen functional groups attached to an aromatic ring is 1. The van der Waals surface area contributed by atoms with E-state index in [0.29, 0.717) is 13.0 Å². The molecular formula is C11H13N3O4S. The van der Waals surface area contributed by atoms with Gasteiger partial charge in [-0.15, -0.1) is 0 Å². The van der Waals surface area contributed by atoms with Gasteiger partial charge in [-0.25, -0.2) is 8.42 Å². The van der Waals surface area contributed by atoms with Crippen molar-refractivity contribution in [3.05, 3.63) is 40.5 Å². The second-order valence-electron chi connectivity index (χ2n) is 4.10. The zero-order chi connectivity index (χ0) is 14.0. The van der Waals surface area contributed by atoms with Crippen LogP contribution in [0.15, 0.2) is 35.2 Å². The van der Waals surface area contributed by atoms with E-state index in [0.717, 1.165) is 6.07 Å². The summed E-state index contributed by atoms with van der Waals surface area (Å²) in [6.45, 7) is 0.650. The summed E-state index contributed by atoms with van der Waals surface area (Å²) >= 11 is 0. The lowest BCUT2D eigenvalue weighted by Gasteiger charge is -2.22. The van der Waals surface area contributed by atoms with E-state index in [4.69, 9.17) is 5.73 Å². The number of nitro benzene ring substituents is 1. The molecule has 0 amide bonds. The van der Waals surface area contributed by atoms with Crippen LogP contribution in [0.5, 0.6) is 0 Å². The third-order valence-electron chi connectivity index (χ3n) is 2.86. The van der Waals surface area contributed by atoms with Crippen molar-refractivity contribution in [3.63, 3.8) is 0 Å². The minimum absolute atomic E-state index is 0.0533. The first-order chi connectivity index (χ1) is 8.93. The third kappa shape index (κ3) is 2.59. The number of nitrogens with zero attached hydrogens (tertiary/aromatic N) is 2. The quantitative estimate of drug-likeness (QED) is 0.387. The van der Waals surface area contributed by atoms with Crippen molar-refractivity contribution in [3.8, 4) is 0 Å². The molecule has 1 aliphatic rings. The minimum atomic E-state index is -3.71. The third-order valence-corrected chi connectivity index (χ3v) is 4.72. The van der Waals surface area contributed by atoms with Crippen LogP contribution in [0.2, 0.25) is 0 Å². The fourth-order valence-electron chi connectivity index (χ4n) is 1.83. The van der Waals surface area contributed by atoms with Gasteiger partial charge in [-0.1, -0.05) is 12.2 Å². The van der Waals surface area contributed by atoms with E-state index in [9.17, 15) is 18.5 Å².